The van der Waals surface area contributed by atoms with Crippen LogP contribution in [0.1, 0.15) is 12.0 Å². The van der Waals surface area contributed by atoms with E-state index in [9.17, 15) is 17.6 Å². The summed E-state index contributed by atoms with van der Waals surface area (Å²) < 4.78 is 50.0. The highest BCUT2D eigenvalue weighted by Gasteiger charge is 2.41. The molecule has 0 amide bonds. The van der Waals surface area contributed by atoms with Crippen LogP contribution in [0, 0.1) is 0 Å². The van der Waals surface area contributed by atoms with Gasteiger partial charge in [0.05, 0.1) is 6.04 Å². The maximum Gasteiger partial charge on any atom is 0.421 e. The van der Waals surface area contributed by atoms with Gasteiger partial charge in [0.1, 0.15) is 17.6 Å². The van der Waals surface area contributed by atoms with Gasteiger partial charge in [0, 0.05) is 12.6 Å². The van der Waals surface area contributed by atoms with Gasteiger partial charge in [-0.25, -0.2) is 14.4 Å². The van der Waals surface area contributed by atoms with Crippen molar-refractivity contribution in [2.45, 2.75) is 24.8 Å². The monoisotopic (exact) mass is 255 g/mol. The van der Waals surface area contributed by atoms with Crippen LogP contribution >= 0.6 is 11.6 Å². The minimum Gasteiger partial charge on any atom is -0.364 e. The lowest BCUT2D eigenvalue weighted by atomic mass is 10.3. The zero-order chi connectivity index (χ0) is 11.9. The van der Waals surface area contributed by atoms with Gasteiger partial charge in [-0.1, -0.05) is 0 Å². The van der Waals surface area contributed by atoms with Crippen LogP contribution in [0.5, 0.6) is 0 Å². The first kappa shape index (κ1) is 11.4. The molecule has 1 aliphatic rings. The molecule has 0 aromatic carbocycles. The molecule has 0 bridgehead atoms. The molecule has 0 saturated heterocycles. The van der Waals surface area contributed by atoms with Gasteiger partial charge in [-0.2, -0.15) is 13.2 Å². The van der Waals surface area contributed by atoms with E-state index in [1.807, 2.05) is 0 Å². The Kier molecular flexibility index (Phi) is 2.65. The number of halogens is 5. The summed E-state index contributed by atoms with van der Waals surface area (Å²) in [4.78, 5) is 6.66. The fraction of sp³-hybridized carbons (Fsp3) is 0.500. The van der Waals surface area contributed by atoms with Gasteiger partial charge in [-0.05, 0) is 11.6 Å². The van der Waals surface area contributed by atoms with E-state index in [2.05, 4.69) is 15.3 Å². The molecule has 0 aliphatic heterocycles. The minimum atomic E-state index is -4.59. The normalized spacial score (nSPS) is 24.3. The van der Waals surface area contributed by atoms with E-state index in [0.717, 1.165) is 0 Å². The van der Waals surface area contributed by atoms with Crippen molar-refractivity contribution in [3.63, 3.8) is 0 Å². The molecule has 1 aliphatic carbocycles. The molecular weight excluding hydrogens is 250 g/mol. The third-order valence-electron chi connectivity index (χ3n) is 2.10. The summed E-state index contributed by atoms with van der Waals surface area (Å²) in [6, 6.07) is -0.618. The predicted octanol–water partition coefficient (Wildman–Crippen LogP) is 2.67. The van der Waals surface area contributed by atoms with Crippen molar-refractivity contribution in [1.82, 2.24) is 9.97 Å². The van der Waals surface area contributed by atoms with Gasteiger partial charge in [0.2, 0.25) is 5.28 Å². The highest BCUT2D eigenvalue weighted by atomic mass is 35.5. The van der Waals surface area contributed by atoms with Crippen molar-refractivity contribution in [2.75, 3.05) is 5.32 Å². The van der Waals surface area contributed by atoms with Gasteiger partial charge in [0.15, 0.2) is 0 Å². The van der Waals surface area contributed by atoms with E-state index in [-0.39, 0.29) is 11.7 Å². The lowest BCUT2D eigenvalue weighted by molar-refractivity contribution is -0.137. The number of aromatic nitrogens is 2. The summed E-state index contributed by atoms with van der Waals surface area (Å²) in [6.45, 7) is 0. The van der Waals surface area contributed by atoms with Crippen LogP contribution < -0.4 is 5.32 Å². The fourth-order valence-electron chi connectivity index (χ4n) is 1.17. The number of alkyl halides is 4. The van der Waals surface area contributed by atoms with Gasteiger partial charge < -0.3 is 5.32 Å². The number of anilines is 1. The van der Waals surface area contributed by atoms with E-state index < -0.39 is 29.8 Å². The molecule has 1 saturated carbocycles. The van der Waals surface area contributed by atoms with E-state index in [1.165, 1.54) is 0 Å². The van der Waals surface area contributed by atoms with Crippen molar-refractivity contribution in [3.05, 3.63) is 17.0 Å². The third-order valence-corrected chi connectivity index (χ3v) is 2.28. The Bertz CT molecular complexity index is 409. The maximum atomic E-state index is 12.6. The summed E-state index contributed by atoms with van der Waals surface area (Å²) in [5, 5.41) is 2.04. The van der Waals surface area contributed by atoms with Crippen LogP contribution in [-0.2, 0) is 6.18 Å². The van der Waals surface area contributed by atoms with Crippen molar-refractivity contribution in [2.24, 2.45) is 0 Å². The van der Waals surface area contributed by atoms with Crippen LogP contribution in [0.25, 0.3) is 0 Å². The molecule has 1 N–H and O–H groups in total. The summed E-state index contributed by atoms with van der Waals surface area (Å²) in [7, 11) is 0. The van der Waals surface area contributed by atoms with Gasteiger partial charge >= 0.3 is 6.18 Å². The van der Waals surface area contributed by atoms with Gasteiger partial charge in [0.25, 0.3) is 0 Å². The molecule has 1 aromatic rings. The first-order chi connectivity index (χ1) is 7.38. The molecule has 2 rings (SSSR count). The molecule has 8 heteroatoms. The Morgan fingerprint density at radius 3 is 2.56 bits per heavy atom. The zero-order valence-electron chi connectivity index (χ0n) is 7.72. The van der Waals surface area contributed by atoms with Gasteiger partial charge in [-0.15, -0.1) is 0 Å². The molecule has 1 aromatic heterocycles. The lowest BCUT2D eigenvalue weighted by Crippen LogP contribution is -2.15. The number of nitrogens with one attached hydrogen (secondary N) is 1. The standard InChI is InChI=1S/C8H6ClF4N3/c9-7-14-2-3(8(11,12)13)6(16-7)15-5-1-4(5)10/h2,4-5H,1H2,(H,14,15,16). The molecule has 2 atom stereocenters. The Morgan fingerprint density at radius 2 is 2.06 bits per heavy atom. The number of rotatable bonds is 2. The highest BCUT2D eigenvalue weighted by molar-refractivity contribution is 6.28. The predicted molar refractivity (Wildman–Crippen MR) is 49.0 cm³/mol. The molecule has 0 spiro atoms. The van der Waals surface area contributed by atoms with Crippen LogP contribution in [0.4, 0.5) is 23.4 Å². The molecule has 1 heterocycles. The third kappa shape index (κ3) is 2.34. The summed E-state index contributed by atoms with van der Waals surface area (Å²) in [5.41, 5.74) is -1.05. The number of nitrogens with zero attached hydrogens (tertiary/aromatic N) is 2. The molecule has 16 heavy (non-hydrogen) atoms. The lowest BCUT2D eigenvalue weighted by Gasteiger charge is -2.12. The average molecular weight is 256 g/mol. The zero-order valence-corrected chi connectivity index (χ0v) is 8.48. The van der Waals surface area contributed by atoms with Crippen LogP contribution in [-0.4, -0.2) is 22.2 Å². The maximum absolute atomic E-state index is 12.6. The SMILES string of the molecule is FC1CC1Nc1nc(Cl)ncc1C(F)(F)F. The Morgan fingerprint density at radius 1 is 1.44 bits per heavy atom. The summed E-state index contributed by atoms with van der Waals surface area (Å²) in [5.74, 6) is -0.474. The average Bonchev–Trinajstić information content (AvgIpc) is 2.79. The van der Waals surface area contributed by atoms with Gasteiger partial charge in [-0.3, -0.25) is 0 Å². The second-order valence-corrected chi connectivity index (χ2v) is 3.74. The van der Waals surface area contributed by atoms with Crippen molar-refractivity contribution < 1.29 is 17.6 Å². The second-order valence-electron chi connectivity index (χ2n) is 3.40. The summed E-state index contributed by atoms with van der Waals surface area (Å²) in [6.07, 6.45) is -4.96. The highest BCUT2D eigenvalue weighted by Crippen LogP contribution is 2.36. The smallest absolute Gasteiger partial charge is 0.364 e. The second kappa shape index (κ2) is 3.73. The molecule has 88 valence electrons. The Labute approximate surface area is 92.8 Å². The molecule has 0 radical (unpaired) electrons. The number of hydrogen-bond acceptors (Lipinski definition) is 3. The molecule has 1 fully saturated rings. The topological polar surface area (TPSA) is 37.8 Å². The minimum absolute atomic E-state index is 0.179. The fourth-order valence-corrected chi connectivity index (χ4v) is 1.30. The van der Waals surface area contributed by atoms with Crippen LogP contribution in [0.15, 0.2) is 6.20 Å². The van der Waals surface area contributed by atoms with E-state index >= 15 is 0 Å². The van der Waals surface area contributed by atoms with Crippen molar-refractivity contribution in [3.8, 4) is 0 Å². The van der Waals surface area contributed by atoms with Crippen molar-refractivity contribution >= 4 is 17.4 Å². The first-order valence-electron chi connectivity index (χ1n) is 4.38. The van der Waals surface area contributed by atoms with E-state index in [1.54, 1.807) is 0 Å². The summed E-state index contributed by atoms with van der Waals surface area (Å²) >= 11 is 5.38. The molecule has 2 unspecified atom stereocenters. The van der Waals surface area contributed by atoms with Crippen LogP contribution in [0.2, 0.25) is 5.28 Å². The molecule has 3 nitrogen and oxygen atoms in total. The van der Waals surface area contributed by atoms with E-state index in [4.69, 9.17) is 11.6 Å². The Balaban J connectivity index is 2.29. The van der Waals surface area contributed by atoms with Crippen LogP contribution in [0.3, 0.4) is 0 Å². The first-order valence-corrected chi connectivity index (χ1v) is 4.76. The molecular formula is C8H6ClF4N3. The largest absolute Gasteiger partial charge is 0.421 e. The van der Waals surface area contributed by atoms with Crippen molar-refractivity contribution in [1.29, 1.82) is 0 Å². The quantitative estimate of drug-likeness (QED) is 0.652. The Hall–Kier alpha value is -1.11. The van der Waals surface area contributed by atoms with E-state index in [0.29, 0.717) is 6.20 Å². The number of hydrogen-bond donors (Lipinski definition) is 1.